The Morgan fingerprint density at radius 2 is 1.68 bits per heavy atom. The second-order valence-electron chi connectivity index (χ2n) is 6.96. The van der Waals surface area contributed by atoms with Gasteiger partial charge in [0, 0.05) is 38.3 Å². The van der Waals surface area contributed by atoms with E-state index >= 15 is 0 Å². The van der Waals surface area contributed by atoms with Crippen molar-refractivity contribution in [2.45, 2.75) is 39.7 Å². The van der Waals surface area contributed by atoms with Crippen molar-refractivity contribution in [3.63, 3.8) is 0 Å². The highest BCUT2D eigenvalue weighted by Gasteiger charge is 2.21. The molecule has 3 aromatic rings. The second-order valence-corrected chi connectivity index (χ2v) is 6.96. The van der Waals surface area contributed by atoms with E-state index in [1.54, 1.807) is 0 Å². The van der Waals surface area contributed by atoms with Gasteiger partial charge < -0.3 is 4.90 Å². The zero-order valence-electron chi connectivity index (χ0n) is 15.6. The molecule has 3 rings (SSSR count). The summed E-state index contributed by atoms with van der Waals surface area (Å²) in [5, 5.41) is 11.9. The first-order chi connectivity index (χ1) is 12.1. The fourth-order valence-electron chi connectivity index (χ4n) is 3.47. The van der Waals surface area contributed by atoms with Crippen LogP contribution in [0.15, 0.2) is 36.4 Å². The Kier molecular flexibility index (Phi) is 4.90. The molecule has 3 nitrogen and oxygen atoms in total. The maximum Gasteiger partial charge on any atom is 0.216 e. The topological polar surface area (TPSA) is 30.9 Å². The number of hydrogen-bond acceptors (Lipinski definition) is 2. The molecule has 0 atom stereocenters. The molecule has 0 bridgehead atoms. The number of benzene rings is 2. The lowest BCUT2D eigenvalue weighted by molar-refractivity contribution is -0.645. The van der Waals surface area contributed by atoms with Gasteiger partial charge in [-0.05, 0) is 37.1 Å². The third-order valence-electron chi connectivity index (χ3n) is 4.87. The molecule has 3 heteroatoms. The summed E-state index contributed by atoms with van der Waals surface area (Å²) in [7, 11) is 4.11. The highest BCUT2D eigenvalue weighted by Crippen LogP contribution is 2.28. The molecule has 1 heterocycles. The van der Waals surface area contributed by atoms with Crippen molar-refractivity contribution in [3.8, 4) is 6.07 Å². The smallest absolute Gasteiger partial charge is 0.216 e. The highest BCUT2D eigenvalue weighted by atomic mass is 15.1. The zero-order chi connectivity index (χ0) is 18.0. The summed E-state index contributed by atoms with van der Waals surface area (Å²) in [5.74, 6) is 0. The fourth-order valence-corrected chi connectivity index (χ4v) is 3.47. The van der Waals surface area contributed by atoms with Gasteiger partial charge in [-0.15, -0.1) is 0 Å². The molecule has 0 aliphatic rings. The average Bonchev–Trinajstić information content (AvgIpc) is 2.61. The van der Waals surface area contributed by atoms with Gasteiger partial charge in [-0.3, -0.25) is 0 Å². The molecule has 25 heavy (non-hydrogen) atoms. The molecule has 0 fully saturated rings. The molecule has 0 radical (unpaired) electrons. The van der Waals surface area contributed by atoms with E-state index < -0.39 is 0 Å². The Balaban J connectivity index is 2.39. The zero-order valence-corrected chi connectivity index (χ0v) is 15.6. The van der Waals surface area contributed by atoms with Crippen molar-refractivity contribution < 1.29 is 4.57 Å². The summed E-state index contributed by atoms with van der Waals surface area (Å²) in [6, 6.07) is 15.3. The van der Waals surface area contributed by atoms with E-state index in [2.05, 4.69) is 79.9 Å². The molecule has 0 N–H and O–H groups in total. The molecular weight excluding hydrogens is 306 g/mol. The molecule has 0 saturated heterocycles. The molecule has 2 aromatic carbocycles. The van der Waals surface area contributed by atoms with E-state index in [-0.39, 0.29) is 0 Å². The molecule has 0 aliphatic heterocycles. The van der Waals surface area contributed by atoms with Crippen LogP contribution in [0.2, 0.25) is 0 Å². The van der Waals surface area contributed by atoms with Gasteiger partial charge in [0.25, 0.3) is 0 Å². The minimum atomic E-state index is 0.780. The molecule has 0 aliphatic carbocycles. The number of nitriles is 1. The van der Waals surface area contributed by atoms with Crippen molar-refractivity contribution in [2.24, 2.45) is 0 Å². The van der Waals surface area contributed by atoms with E-state index in [1.807, 2.05) is 0 Å². The van der Waals surface area contributed by atoms with Crippen molar-refractivity contribution in [1.82, 2.24) is 0 Å². The van der Waals surface area contributed by atoms with Gasteiger partial charge in [0.2, 0.25) is 11.0 Å². The molecule has 0 spiro atoms. The number of unbranched alkanes of at least 4 members (excludes halogenated alkanes) is 2. The van der Waals surface area contributed by atoms with E-state index in [0.29, 0.717) is 0 Å². The average molecular weight is 332 g/mol. The van der Waals surface area contributed by atoms with Crippen LogP contribution in [0.3, 0.4) is 0 Å². The summed E-state index contributed by atoms with van der Waals surface area (Å²) in [4.78, 5) is 2.11. The van der Waals surface area contributed by atoms with Crippen LogP contribution in [0.5, 0.6) is 0 Å². The van der Waals surface area contributed by atoms with Crippen LogP contribution in [0.25, 0.3) is 21.8 Å². The van der Waals surface area contributed by atoms with E-state index in [9.17, 15) is 5.26 Å². The lowest BCUT2D eigenvalue weighted by Crippen LogP contribution is -2.36. The van der Waals surface area contributed by atoms with Gasteiger partial charge in [-0.2, -0.15) is 9.83 Å². The van der Waals surface area contributed by atoms with Gasteiger partial charge in [-0.1, -0.05) is 19.4 Å². The van der Waals surface area contributed by atoms with Crippen LogP contribution < -0.4 is 9.47 Å². The number of nitrogens with zero attached hydrogens (tertiary/aromatic N) is 3. The first-order valence-corrected chi connectivity index (χ1v) is 9.04. The Morgan fingerprint density at radius 1 is 1.00 bits per heavy atom. The molecule has 128 valence electrons. The van der Waals surface area contributed by atoms with Crippen LogP contribution in [-0.4, -0.2) is 14.1 Å². The van der Waals surface area contributed by atoms with Gasteiger partial charge in [-0.25, -0.2) is 0 Å². The van der Waals surface area contributed by atoms with Gasteiger partial charge >= 0.3 is 0 Å². The Bertz CT molecular complexity index is 965. The minimum absolute atomic E-state index is 0.780. The SMILES string of the molecule is CCCCC[n+]1c2cc(C)ccc2c(C#N)c2ccc(N(C)C)cc21. The lowest BCUT2D eigenvalue weighted by atomic mass is 10.0. The van der Waals surface area contributed by atoms with Crippen molar-refractivity contribution in [1.29, 1.82) is 5.26 Å². The first kappa shape index (κ1) is 17.2. The minimum Gasteiger partial charge on any atom is -0.377 e. The molecule has 1 aromatic heterocycles. The Morgan fingerprint density at radius 3 is 2.32 bits per heavy atom. The van der Waals surface area contributed by atoms with Gasteiger partial charge in [0.1, 0.15) is 12.6 Å². The number of aryl methyl sites for hydroxylation is 2. The number of rotatable bonds is 5. The lowest BCUT2D eigenvalue weighted by Gasteiger charge is -2.14. The summed E-state index contributed by atoms with van der Waals surface area (Å²) >= 11 is 0. The molecule has 0 unspecified atom stereocenters. The predicted octanol–water partition coefficient (Wildman–Crippen LogP) is 4.72. The third-order valence-corrected chi connectivity index (χ3v) is 4.87. The number of fused-ring (bicyclic) bond motifs is 2. The number of pyridine rings is 1. The van der Waals surface area contributed by atoms with Crippen LogP contribution in [0.1, 0.15) is 37.3 Å². The van der Waals surface area contributed by atoms with Crippen LogP contribution >= 0.6 is 0 Å². The normalized spacial score (nSPS) is 11.0. The van der Waals surface area contributed by atoms with Crippen LogP contribution in [0.4, 0.5) is 5.69 Å². The number of hydrogen-bond donors (Lipinski definition) is 0. The summed E-state index contributed by atoms with van der Waals surface area (Å²) in [5.41, 5.74) is 5.48. The van der Waals surface area contributed by atoms with E-state index in [1.165, 1.54) is 18.4 Å². The number of aromatic nitrogens is 1. The first-order valence-electron chi connectivity index (χ1n) is 9.04. The Labute approximate surface area is 150 Å². The van der Waals surface area contributed by atoms with Crippen LogP contribution in [-0.2, 0) is 6.54 Å². The van der Waals surface area contributed by atoms with E-state index in [0.717, 1.165) is 46.0 Å². The van der Waals surface area contributed by atoms with Gasteiger partial charge in [0.15, 0.2) is 0 Å². The fraction of sp³-hybridized carbons (Fsp3) is 0.364. The van der Waals surface area contributed by atoms with Crippen LogP contribution in [0, 0.1) is 18.3 Å². The maximum absolute atomic E-state index is 9.82. The quantitative estimate of drug-likeness (QED) is 0.385. The summed E-state index contributed by atoms with van der Waals surface area (Å²) in [6.07, 6.45) is 3.57. The molecular formula is C22H26N3+. The number of anilines is 1. The standard InChI is InChI=1S/C22H26N3/c1-5-6-7-12-25-21-13-16(2)8-10-18(21)20(15-23)19-11-9-17(24(3)4)14-22(19)25/h8-11,13-14H,5-7,12H2,1-4H3/q+1. The Hall–Kier alpha value is -2.60. The third kappa shape index (κ3) is 3.17. The monoisotopic (exact) mass is 332 g/mol. The highest BCUT2D eigenvalue weighted by molar-refractivity contribution is 5.97. The summed E-state index contributed by atoms with van der Waals surface area (Å²) < 4.78 is 2.40. The van der Waals surface area contributed by atoms with E-state index in [4.69, 9.17) is 0 Å². The van der Waals surface area contributed by atoms with Crippen molar-refractivity contribution in [2.75, 3.05) is 19.0 Å². The van der Waals surface area contributed by atoms with Crippen molar-refractivity contribution in [3.05, 3.63) is 47.5 Å². The molecule has 0 saturated carbocycles. The largest absolute Gasteiger partial charge is 0.377 e. The van der Waals surface area contributed by atoms with Gasteiger partial charge in [0.05, 0.1) is 16.3 Å². The second kappa shape index (κ2) is 7.11. The predicted molar refractivity (Wildman–Crippen MR) is 105 cm³/mol. The van der Waals surface area contributed by atoms with Crippen molar-refractivity contribution >= 4 is 27.5 Å². The summed E-state index contributed by atoms with van der Waals surface area (Å²) in [6.45, 7) is 5.32. The molecule has 0 amide bonds. The maximum atomic E-state index is 9.82.